The Kier molecular flexibility index (Phi) is 7.67. The summed E-state index contributed by atoms with van der Waals surface area (Å²) < 4.78 is 0. The van der Waals surface area contributed by atoms with Crippen molar-refractivity contribution in [3.8, 4) is 0 Å². The van der Waals surface area contributed by atoms with Crippen molar-refractivity contribution in [3.05, 3.63) is 0 Å². The summed E-state index contributed by atoms with van der Waals surface area (Å²) in [4.78, 5) is 39.3. The molecule has 3 rings (SSSR count). The lowest BCUT2D eigenvalue weighted by Crippen LogP contribution is -2.61. The second-order valence-electron chi connectivity index (χ2n) is 8.47. The van der Waals surface area contributed by atoms with Crippen LogP contribution in [0.1, 0.15) is 64.2 Å². The topological polar surface area (TPSA) is 93.2 Å². The molecule has 0 unspecified atom stereocenters. The van der Waals surface area contributed by atoms with Gasteiger partial charge in [-0.25, -0.2) is 10.5 Å². The van der Waals surface area contributed by atoms with Crippen LogP contribution in [0.4, 0.5) is 0 Å². The molecular weight excluding hydrogens is 360 g/mol. The Morgan fingerprint density at radius 2 is 1.79 bits per heavy atom. The van der Waals surface area contributed by atoms with Gasteiger partial charge in [-0.1, -0.05) is 25.7 Å². The van der Waals surface area contributed by atoms with Crippen molar-refractivity contribution in [3.63, 3.8) is 0 Å². The molecule has 2 aliphatic heterocycles. The summed E-state index contributed by atoms with van der Waals surface area (Å²) in [7, 11) is 0. The van der Waals surface area contributed by atoms with Crippen LogP contribution in [0.15, 0.2) is 0 Å². The second-order valence-corrected chi connectivity index (χ2v) is 8.47. The minimum atomic E-state index is -0.499. The molecule has 0 aromatic rings. The van der Waals surface area contributed by atoms with Crippen LogP contribution in [0.25, 0.3) is 0 Å². The van der Waals surface area contributed by atoms with E-state index in [2.05, 4.69) is 5.43 Å². The normalized spacial score (nSPS) is 24.8. The van der Waals surface area contributed by atoms with Crippen molar-refractivity contribution in [2.24, 2.45) is 11.8 Å². The second kappa shape index (κ2) is 10.2. The number of hydrazine groups is 1. The number of nitrogens with zero attached hydrogens (tertiary/aromatic N) is 3. The monoisotopic (exact) mass is 394 g/mol. The number of nitrogens with one attached hydrogen (secondary N) is 1. The van der Waals surface area contributed by atoms with Gasteiger partial charge in [0.15, 0.2) is 0 Å². The molecule has 2 heterocycles. The molecule has 8 heteroatoms. The minimum Gasteiger partial charge on any atom is -0.341 e. The Labute approximate surface area is 167 Å². The summed E-state index contributed by atoms with van der Waals surface area (Å²) in [6, 6.07) is -0.492. The third kappa shape index (κ3) is 5.23. The van der Waals surface area contributed by atoms with Gasteiger partial charge < -0.3 is 4.90 Å². The van der Waals surface area contributed by atoms with E-state index in [0.29, 0.717) is 36.8 Å². The molecule has 0 spiro atoms. The molecule has 158 valence electrons. The summed E-state index contributed by atoms with van der Waals surface area (Å²) in [6.07, 6.45) is 10.2. The highest BCUT2D eigenvalue weighted by Crippen LogP contribution is 2.32. The molecule has 3 amide bonds. The third-order valence-corrected chi connectivity index (χ3v) is 6.41. The molecule has 3 fully saturated rings. The standard InChI is InChI=1S/C20H34N4O4/c25-15-23(28)14-17(13-16-7-2-3-8-16)19(26)24-18(9-6-10-21-24)20(27)22-11-4-1-5-12-22/h15-18,21,28H,1-14H2/t17-,18+/m1/s1. The molecule has 0 aromatic heterocycles. The predicted molar refractivity (Wildman–Crippen MR) is 103 cm³/mol. The first-order chi connectivity index (χ1) is 13.6. The van der Waals surface area contributed by atoms with E-state index in [0.717, 1.165) is 51.6 Å². The van der Waals surface area contributed by atoms with Gasteiger partial charge in [0.05, 0.1) is 12.5 Å². The molecular formula is C20H34N4O4. The molecule has 2 N–H and O–H groups in total. The van der Waals surface area contributed by atoms with E-state index in [1.165, 1.54) is 17.9 Å². The highest BCUT2D eigenvalue weighted by Gasteiger charge is 2.39. The van der Waals surface area contributed by atoms with E-state index < -0.39 is 12.0 Å². The molecule has 3 aliphatic rings. The molecule has 28 heavy (non-hydrogen) atoms. The molecule has 1 saturated carbocycles. The maximum atomic E-state index is 13.4. The van der Waals surface area contributed by atoms with Gasteiger partial charge in [0.25, 0.3) is 0 Å². The zero-order chi connectivity index (χ0) is 19.9. The van der Waals surface area contributed by atoms with Crippen LogP contribution >= 0.6 is 0 Å². The van der Waals surface area contributed by atoms with Gasteiger partial charge >= 0.3 is 0 Å². The molecule has 8 nitrogen and oxygen atoms in total. The number of hydrogen-bond donors (Lipinski definition) is 2. The van der Waals surface area contributed by atoms with Crippen LogP contribution in [0, 0.1) is 11.8 Å². The van der Waals surface area contributed by atoms with Gasteiger partial charge in [0, 0.05) is 19.6 Å². The Bertz CT molecular complexity index is 546. The van der Waals surface area contributed by atoms with Gasteiger partial charge in [-0.15, -0.1) is 0 Å². The summed E-state index contributed by atoms with van der Waals surface area (Å²) in [5.74, 6) is -0.213. The first-order valence-electron chi connectivity index (χ1n) is 10.9. The number of carbonyl (C=O) groups excluding carboxylic acids is 3. The number of piperidine rings is 1. The van der Waals surface area contributed by atoms with E-state index >= 15 is 0 Å². The smallest absolute Gasteiger partial charge is 0.246 e. The van der Waals surface area contributed by atoms with E-state index in [1.54, 1.807) is 0 Å². The zero-order valence-corrected chi connectivity index (χ0v) is 16.7. The van der Waals surface area contributed by atoms with Crippen LogP contribution < -0.4 is 5.43 Å². The molecule has 0 radical (unpaired) electrons. The quantitative estimate of drug-likeness (QED) is 0.388. The van der Waals surface area contributed by atoms with Crippen LogP contribution in [-0.4, -0.2) is 70.6 Å². The van der Waals surface area contributed by atoms with Crippen LogP contribution in [-0.2, 0) is 14.4 Å². The Morgan fingerprint density at radius 3 is 2.46 bits per heavy atom. The van der Waals surface area contributed by atoms with Gasteiger partial charge in [-0.3, -0.25) is 24.6 Å². The third-order valence-electron chi connectivity index (χ3n) is 6.41. The van der Waals surface area contributed by atoms with Gasteiger partial charge in [-0.2, -0.15) is 0 Å². The SMILES string of the molecule is O=CN(O)C[C@@H](CC1CCCC1)C(=O)N1NCCC[C@H]1C(=O)N1CCCCC1. The fourth-order valence-electron chi connectivity index (χ4n) is 4.89. The van der Waals surface area contributed by atoms with E-state index in [1.807, 2.05) is 4.90 Å². The highest BCUT2D eigenvalue weighted by molar-refractivity contribution is 5.88. The number of rotatable bonds is 7. The Balaban J connectivity index is 1.71. The fraction of sp³-hybridized carbons (Fsp3) is 0.850. The number of hydrogen-bond acceptors (Lipinski definition) is 5. The van der Waals surface area contributed by atoms with Crippen LogP contribution in [0.2, 0.25) is 0 Å². The maximum absolute atomic E-state index is 13.4. The molecule has 1 aliphatic carbocycles. The van der Waals surface area contributed by atoms with Crippen LogP contribution in [0.3, 0.4) is 0 Å². The number of carbonyl (C=O) groups is 3. The lowest BCUT2D eigenvalue weighted by Gasteiger charge is -2.40. The number of hydroxylamine groups is 2. The number of amides is 3. The highest BCUT2D eigenvalue weighted by atomic mass is 16.5. The summed E-state index contributed by atoms with van der Waals surface area (Å²) in [6.45, 7) is 2.15. The van der Waals surface area contributed by atoms with E-state index in [9.17, 15) is 19.6 Å². The fourth-order valence-corrected chi connectivity index (χ4v) is 4.89. The minimum absolute atomic E-state index is 0.0242. The van der Waals surface area contributed by atoms with Crippen molar-refractivity contribution in [2.75, 3.05) is 26.2 Å². The first-order valence-corrected chi connectivity index (χ1v) is 10.9. The molecule has 0 aromatic carbocycles. The zero-order valence-electron chi connectivity index (χ0n) is 16.7. The van der Waals surface area contributed by atoms with Crippen molar-refractivity contribution < 1.29 is 19.6 Å². The van der Waals surface area contributed by atoms with Crippen molar-refractivity contribution in [1.29, 1.82) is 0 Å². The average Bonchev–Trinajstić information content (AvgIpc) is 3.26. The van der Waals surface area contributed by atoms with Crippen LogP contribution in [0.5, 0.6) is 0 Å². The number of likely N-dealkylation sites (tertiary alicyclic amines) is 1. The average molecular weight is 395 g/mol. The van der Waals surface area contributed by atoms with Gasteiger partial charge in [-0.05, 0) is 44.4 Å². The van der Waals surface area contributed by atoms with Gasteiger partial charge in [0.1, 0.15) is 6.04 Å². The van der Waals surface area contributed by atoms with Crippen molar-refractivity contribution >= 4 is 18.2 Å². The van der Waals surface area contributed by atoms with E-state index in [4.69, 9.17) is 0 Å². The van der Waals surface area contributed by atoms with Crippen molar-refractivity contribution in [2.45, 2.75) is 70.3 Å². The predicted octanol–water partition coefficient (Wildman–Crippen LogP) is 1.54. The Hall–Kier alpha value is -1.67. The van der Waals surface area contributed by atoms with E-state index in [-0.39, 0.29) is 18.4 Å². The summed E-state index contributed by atoms with van der Waals surface area (Å²) in [5.41, 5.74) is 3.13. The lowest BCUT2D eigenvalue weighted by atomic mass is 9.91. The first kappa shape index (κ1) is 21.0. The Morgan fingerprint density at radius 1 is 1.07 bits per heavy atom. The summed E-state index contributed by atoms with van der Waals surface area (Å²) >= 11 is 0. The molecule has 2 saturated heterocycles. The van der Waals surface area contributed by atoms with Gasteiger partial charge in [0.2, 0.25) is 18.2 Å². The lowest BCUT2D eigenvalue weighted by molar-refractivity contribution is -0.163. The maximum Gasteiger partial charge on any atom is 0.246 e. The molecule has 2 atom stereocenters. The molecule has 0 bridgehead atoms. The largest absolute Gasteiger partial charge is 0.341 e. The van der Waals surface area contributed by atoms with Crippen molar-refractivity contribution in [1.82, 2.24) is 20.4 Å². The summed E-state index contributed by atoms with van der Waals surface area (Å²) in [5, 5.41) is 11.8.